The largest absolute Gasteiger partial charge is 0.484 e. The summed E-state index contributed by atoms with van der Waals surface area (Å²) < 4.78 is 12.7. The number of aromatic nitrogens is 4. The number of rotatable bonds is 11. The number of hydrogen-bond acceptors (Lipinski definition) is 12. The summed E-state index contributed by atoms with van der Waals surface area (Å²) in [6.45, 7) is 3.51. The molecule has 0 aliphatic carbocycles. The standard InChI is InChI=1S/C27H27N7O7S2/c1-15-4-9-20(10-16(15)2)40-12-21(35)28-22-24(36)33-23(26(37)41-11-17-5-7-19(8-6-17)34(38)39)18(13-42-25(22)33)14-43-27-29-30-31-32(27)3/h4-10,22,25H,11-14H2,1-3H3,(H,28,35)/t22?,25-/m1/s1. The Balaban J connectivity index is 1.27. The molecule has 2 aromatic carbocycles. The van der Waals surface area contributed by atoms with Gasteiger partial charge < -0.3 is 14.8 Å². The topological polar surface area (TPSA) is 172 Å². The summed E-state index contributed by atoms with van der Waals surface area (Å²) in [5.41, 5.74) is 3.36. The normalized spacial score (nSPS) is 17.7. The van der Waals surface area contributed by atoms with Crippen LogP contribution in [-0.4, -0.2) is 77.3 Å². The molecule has 3 heterocycles. The number of amides is 2. The van der Waals surface area contributed by atoms with Gasteiger partial charge in [-0.1, -0.05) is 17.8 Å². The van der Waals surface area contributed by atoms with Crippen molar-refractivity contribution in [2.75, 3.05) is 18.1 Å². The van der Waals surface area contributed by atoms with E-state index in [0.717, 1.165) is 11.1 Å². The number of hydrogen-bond donors (Lipinski definition) is 1. The molecular formula is C27H27N7O7S2. The van der Waals surface area contributed by atoms with Crippen molar-refractivity contribution in [3.63, 3.8) is 0 Å². The lowest BCUT2D eigenvalue weighted by Crippen LogP contribution is -2.71. The molecule has 0 saturated carbocycles. The Bertz CT molecular complexity index is 1610. The fourth-order valence-corrected chi connectivity index (χ4v) is 6.71. The molecule has 16 heteroatoms. The third-order valence-corrected chi connectivity index (χ3v) is 9.32. The predicted molar refractivity (Wildman–Crippen MR) is 156 cm³/mol. The molecule has 1 saturated heterocycles. The number of benzene rings is 2. The first kappa shape index (κ1) is 30.0. The molecule has 2 amide bonds. The van der Waals surface area contributed by atoms with Crippen molar-refractivity contribution in [2.24, 2.45) is 7.05 Å². The van der Waals surface area contributed by atoms with Crippen molar-refractivity contribution >= 4 is 47.0 Å². The number of fused-ring (bicyclic) bond motifs is 1. The van der Waals surface area contributed by atoms with Gasteiger partial charge >= 0.3 is 5.97 Å². The SMILES string of the molecule is Cc1ccc(OCC(=O)NC2C(=O)N3C(C(=O)OCc4ccc([N+](=O)[O-])cc4)=C(CSc4nnnn4C)CS[C@H]23)cc1C. The summed E-state index contributed by atoms with van der Waals surface area (Å²) in [4.78, 5) is 51.2. The van der Waals surface area contributed by atoms with E-state index >= 15 is 0 Å². The summed E-state index contributed by atoms with van der Waals surface area (Å²) in [6, 6.07) is 10.3. The molecule has 2 atom stereocenters. The summed E-state index contributed by atoms with van der Waals surface area (Å²) in [5, 5.41) is 25.1. The Kier molecular flexibility index (Phi) is 8.96. The zero-order chi connectivity index (χ0) is 30.7. The summed E-state index contributed by atoms with van der Waals surface area (Å²) in [6.07, 6.45) is 0. The molecule has 43 heavy (non-hydrogen) atoms. The van der Waals surface area contributed by atoms with E-state index in [1.165, 1.54) is 57.4 Å². The minimum absolute atomic E-state index is 0.0823. The Morgan fingerprint density at radius 2 is 1.95 bits per heavy atom. The Morgan fingerprint density at radius 1 is 1.19 bits per heavy atom. The van der Waals surface area contributed by atoms with Crippen LogP contribution < -0.4 is 10.1 Å². The third kappa shape index (κ3) is 6.64. The summed E-state index contributed by atoms with van der Waals surface area (Å²) >= 11 is 2.73. The molecule has 1 fully saturated rings. The number of carbonyl (C=O) groups is 3. The van der Waals surface area contributed by atoms with Crippen molar-refractivity contribution in [3.05, 3.63) is 80.5 Å². The van der Waals surface area contributed by atoms with E-state index < -0.39 is 34.1 Å². The molecular weight excluding hydrogens is 598 g/mol. The van der Waals surface area contributed by atoms with Gasteiger partial charge in [0.25, 0.3) is 17.5 Å². The molecule has 5 rings (SSSR count). The van der Waals surface area contributed by atoms with Crippen LogP contribution in [-0.2, 0) is 32.8 Å². The second kappa shape index (κ2) is 12.8. The molecule has 1 N–H and O–H groups in total. The average Bonchev–Trinajstić information content (AvgIpc) is 3.42. The first-order chi connectivity index (χ1) is 20.6. The van der Waals surface area contributed by atoms with Crippen LogP contribution in [0.1, 0.15) is 16.7 Å². The average molecular weight is 626 g/mol. The predicted octanol–water partition coefficient (Wildman–Crippen LogP) is 2.30. The highest BCUT2D eigenvalue weighted by molar-refractivity contribution is 8.01. The Morgan fingerprint density at radius 3 is 2.63 bits per heavy atom. The number of tetrazole rings is 1. The first-order valence-corrected chi connectivity index (χ1v) is 15.1. The van der Waals surface area contributed by atoms with Crippen LogP contribution in [0.25, 0.3) is 0 Å². The van der Waals surface area contributed by atoms with E-state index in [1.807, 2.05) is 26.0 Å². The lowest BCUT2D eigenvalue weighted by Gasteiger charge is -2.49. The molecule has 0 spiro atoms. The highest BCUT2D eigenvalue weighted by atomic mass is 32.2. The molecule has 0 radical (unpaired) electrons. The van der Waals surface area contributed by atoms with E-state index in [4.69, 9.17) is 9.47 Å². The quantitative estimate of drug-likeness (QED) is 0.109. The number of β-lactam (4-membered cyclic amide) rings is 1. The number of esters is 1. The number of nitrogens with zero attached hydrogens (tertiary/aromatic N) is 6. The molecule has 1 aromatic heterocycles. The fourth-order valence-electron chi connectivity index (χ4n) is 4.38. The fraction of sp³-hybridized carbons (Fsp3) is 0.333. The number of nitro groups is 1. The van der Waals surface area contributed by atoms with Crippen LogP contribution in [0.5, 0.6) is 5.75 Å². The maximum absolute atomic E-state index is 13.4. The molecule has 3 aromatic rings. The Hall–Kier alpha value is -4.44. The number of ether oxygens (including phenoxy) is 2. The lowest BCUT2D eigenvalue weighted by molar-refractivity contribution is -0.384. The van der Waals surface area contributed by atoms with Crippen molar-refractivity contribution in [2.45, 2.75) is 37.0 Å². The molecule has 224 valence electrons. The van der Waals surface area contributed by atoms with Gasteiger partial charge in [-0.2, -0.15) is 0 Å². The van der Waals surface area contributed by atoms with Gasteiger partial charge in [0.15, 0.2) is 6.61 Å². The van der Waals surface area contributed by atoms with Gasteiger partial charge in [0.05, 0.1) is 4.92 Å². The number of aryl methyl sites for hydroxylation is 3. The number of nitrogens with one attached hydrogen (secondary N) is 1. The van der Waals surface area contributed by atoms with Crippen LogP contribution in [0.4, 0.5) is 5.69 Å². The van der Waals surface area contributed by atoms with Gasteiger partial charge in [-0.15, -0.1) is 16.9 Å². The second-order valence-corrected chi connectivity index (χ2v) is 11.9. The first-order valence-electron chi connectivity index (χ1n) is 13.0. The van der Waals surface area contributed by atoms with Crippen molar-refractivity contribution in [1.29, 1.82) is 0 Å². The van der Waals surface area contributed by atoms with Gasteiger partial charge in [-0.3, -0.25) is 24.6 Å². The van der Waals surface area contributed by atoms with E-state index in [-0.39, 0.29) is 24.6 Å². The smallest absolute Gasteiger partial charge is 0.355 e. The minimum Gasteiger partial charge on any atom is -0.484 e. The maximum atomic E-state index is 13.4. The van der Waals surface area contributed by atoms with Gasteiger partial charge in [0, 0.05) is 30.7 Å². The maximum Gasteiger partial charge on any atom is 0.355 e. The zero-order valence-corrected chi connectivity index (χ0v) is 25.0. The van der Waals surface area contributed by atoms with Crippen LogP contribution in [0.15, 0.2) is 58.9 Å². The minimum atomic E-state index is -0.838. The number of nitro benzene ring substituents is 1. The lowest BCUT2D eigenvalue weighted by atomic mass is 10.0. The number of non-ortho nitro benzene ring substituents is 1. The number of thioether (sulfide) groups is 2. The van der Waals surface area contributed by atoms with Gasteiger partial charge in [-0.25, -0.2) is 9.48 Å². The van der Waals surface area contributed by atoms with E-state index in [2.05, 4.69) is 20.8 Å². The van der Waals surface area contributed by atoms with Gasteiger partial charge in [0.2, 0.25) is 5.16 Å². The molecule has 14 nitrogen and oxygen atoms in total. The van der Waals surface area contributed by atoms with Crippen LogP contribution >= 0.6 is 23.5 Å². The molecule has 2 aliphatic rings. The monoisotopic (exact) mass is 625 g/mol. The number of carbonyl (C=O) groups excluding carboxylic acids is 3. The van der Waals surface area contributed by atoms with Crippen molar-refractivity contribution < 1.29 is 28.8 Å². The molecule has 0 bridgehead atoms. The summed E-state index contributed by atoms with van der Waals surface area (Å²) in [5.74, 6) is -0.346. The van der Waals surface area contributed by atoms with E-state index in [1.54, 1.807) is 13.1 Å². The van der Waals surface area contributed by atoms with E-state index in [0.29, 0.717) is 33.5 Å². The third-order valence-electron chi connectivity index (χ3n) is 6.88. The van der Waals surface area contributed by atoms with Gasteiger partial charge in [0.1, 0.15) is 29.5 Å². The highest BCUT2D eigenvalue weighted by Gasteiger charge is 2.54. The molecule has 1 unspecified atom stereocenters. The zero-order valence-electron chi connectivity index (χ0n) is 23.4. The highest BCUT2D eigenvalue weighted by Crippen LogP contribution is 2.42. The summed E-state index contributed by atoms with van der Waals surface area (Å²) in [7, 11) is 1.69. The van der Waals surface area contributed by atoms with Crippen molar-refractivity contribution in [1.82, 2.24) is 30.4 Å². The van der Waals surface area contributed by atoms with Crippen LogP contribution in [0.2, 0.25) is 0 Å². The van der Waals surface area contributed by atoms with Crippen LogP contribution in [0, 0.1) is 24.0 Å². The molecule has 2 aliphatic heterocycles. The van der Waals surface area contributed by atoms with E-state index in [9.17, 15) is 24.5 Å². The second-order valence-electron chi connectivity index (χ2n) is 9.82. The Labute approximate surface area is 254 Å². The van der Waals surface area contributed by atoms with Gasteiger partial charge in [-0.05, 0) is 70.8 Å². The van der Waals surface area contributed by atoms with Crippen LogP contribution in [0.3, 0.4) is 0 Å². The van der Waals surface area contributed by atoms with Crippen molar-refractivity contribution in [3.8, 4) is 5.75 Å².